The average Bonchev–Trinajstić information content (AvgIpc) is 3.38. The molecule has 0 bridgehead atoms. The molecular formula is C28H22N4O2. The fraction of sp³-hybridized carbons (Fsp3) is 0.214. The number of benzene rings is 2. The molecule has 2 aliphatic heterocycles. The van der Waals surface area contributed by atoms with Crippen LogP contribution in [0.1, 0.15) is 24.0 Å². The maximum Gasteiger partial charge on any atom is 0.260 e. The Morgan fingerprint density at radius 2 is 1.62 bits per heavy atom. The number of allylic oxidation sites excluding steroid dienone is 1. The Morgan fingerprint density at radius 3 is 2.29 bits per heavy atom. The quantitative estimate of drug-likeness (QED) is 0.377. The van der Waals surface area contributed by atoms with Crippen LogP contribution in [0.3, 0.4) is 0 Å². The van der Waals surface area contributed by atoms with Gasteiger partial charge < -0.3 is 9.80 Å². The first kappa shape index (κ1) is 21.4. The van der Waals surface area contributed by atoms with Crippen LogP contribution in [-0.2, 0) is 15.0 Å². The van der Waals surface area contributed by atoms with Crippen LogP contribution >= 0.6 is 0 Å². The van der Waals surface area contributed by atoms with Gasteiger partial charge in [-0.15, -0.1) is 13.2 Å². The fourth-order valence-electron chi connectivity index (χ4n) is 5.63. The van der Waals surface area contributed by atoms with E-state index in [-0.39, 0.29) is 23.8 Å². The lowest BCUT2D eigenvalue weighted by Crippen LogP contribution is -2.35. The number of anilines is 2. The third-order valence-corrected chi connectivity index (χ3v) is 7.20. The second-order valence-corrected chi connectivity index (χ2v) is 8.86. The first-order valence-corrected chi connectivity index (χ1v) is 11.1. The van der Waals surface area contributed by atoms with Crippen LogP contribution in [0.25, 0.3) is 5.57 Å². The Hall–Kier alpha value is -4.42. The van der Waals surface area contributed by atoms with Gasteiger partial charge in [-0.2, -0.15) is 10.5 Å². The summed E-state index contributed by atoms with van der Waals surface area (Å²) in [5.74, 6) is -0.434. The zero-order valence-corrected chi connectivity index (χ0v) is 18.6. The highest BCUT2D eigenvalue weighted by atomic mass is 16.2. The lowest BCUT2D eigenvalue weighted by Gasteiger charge is -2.18. The molecule has 0 aromatic heterocycles. The van der Waals surface area contributed by atoms with Gasteiger partial charge in [-0.1, -0.05) is 48.6 Å². The van der Waals surface area contributed by atoms with Crippen LogP contribution in [0.4, 0.5) is 11.4 Å². The van der Waals surface area contributed by atoms with Crippen molar-refractivity contribution in [2.24, 2.45) is 5.41 Å². The molecule has 2 heterocycles. The van der Waals surface area contributed by atoms with Gasteiger partial charge in [0.1, 0.15) is 0 Å². The molecule has 1 aliphatic carbocycles. The van der Waals surface area contributed by atoms with E-state index in [1.807, 2.05) is 48.5 Å². The Morgan fingerprint density at radius 1 is 0.971 bits per heavy atom. The largest absolute Gasteiger partial charge is 0.307 e. The first-order valence-electron chi connectivity index (χ1n) is 11.1. The Balaban J connectivity index is 1.62. The van der Waals surface area contributed by atoms with Gasteiger partial charge in [0.25, 0.3) is 5.91 Å². The number of hydrogen-bond donors (Lipinski definition) is 0. The molecule has 1 spiro atoms. The number of rotatable bonds is 6. The Bertz CT molecular complexity index is 1390. The zero-order chi connectivity index (χ0) is 24.1. The van der Waals surface area contributed by atoms with Gasteiger partial charge in [0.05, 0.1) is 34.2 Å². The van der Waals surface area contributed by atoms with Crippen molar-refractivity contribution in [2.75, 3.05) is 22.9 Å². The predicted octanol–water partition coefficient (Wildman–Crippen LogP) is 4.27. The van der Waals surface area contributed by atoms with Crippen LogP contribution in [0.5, 0.6) is 0 Å². The summed E-state index contributed by atoms with van der Waals surface area (Å²) in [7, 11) is 0. The fourth-order valence-corrected chi connectivity index (χ4v) is 5.63. The van der Waals surface area contributed by atoms with Crippen molar-refractivity contribution in [3.8, 4) is 12.1 Å². The number of carbonyl (C=O) groups is 2. The van der Waals surface area contributed by atoms with Crippen LogP contribution in [0, 0.1) is 28.1 Å². The van der Waals surface area contributed by atoms with Crippen LogP contribution in [-0.4, -0.2) is 24.9 Å². The molecule has 2 amide bonds. The molecule has 2 aromatic rings. The third kappa shape index (κ3) is 2.60. The van der Waals surface area contributed by atoms with Crippen LogP contribution < -0.4 is 9.80 Å². The SMILES string of the molecule is C=CCN1C(=O)/C(=C(/C#N)C[C@@]2(C#N)C[C@]23C(=O)N(CC=C)c2ccccc23)c2ccccc21. The maximum atomic E-state index is 13.6. The van der Waals surface area contributed by atoms with E-state index < -0.39 is 10.8 Å². The highest BCUT2D eigenvalue weighted by Gasteiger charge is 2.77. The van der Waals surface area contributed by atoms with Crippen molar-refractivity contribution in [1.82, 2.24) is 0 Å². The van der Waals surface area contributed by atoms with E-state index in [0.29, 0.717) is 36.3 Å². The molecule has 0 unspecified atom stereocenters. The van der Waals surface area contributed by atoms with Gasteiger partial charge in [0.2, 0.25) is 5.91 Å². The Labute approximate surface area is 198 Å². The predicted molar refractivity (Wildman–Crippen MR) is 129 cm³/mol. The lowest BCUT2D eigenvalue weighted by atomic mass is 9.82. The topological polar surface area (TPSA) is 88.2 Å². The number of carbonyl (C=O) groups excluding carboxylic acids is 2. The molecule has 1 saturated carbocycles. The minimum absolute atomic E-state index is 0.0271. The molecule has 1 fully saturated rings. The molecule has 2 atom stereocenters. The minimum atomic E-state index is -1.10. The summed E-state index contributed by atoms with van der Waals surface area (Å²) in [6.45, 7) is 8.15. The summed E-state index contributed by atoms with van der Waals surface area (Å²) in [6, 6.07) is 19.4. The number of nitrogens with zero attached hydrogens (tertiary/aromatic N) is 4. The summed E-state index contributed by atoms with van der Waals surface area (Å²) in [5, 5.41) is 20.5. The third-order valence-electron chi connectivity index (χ3n) is 7.20. The van der Waals surface area contributed by atoms with E-state index in [2.05, 4.69) is 25.3 Å². The van der Waals surface area contributed by atoms with Crippen molar-refractivity contribution in [3.63, 3.8) is 0 Å². The molecule has 6 heteroatoms. The smallest absolute Gasteiger partial charge is 0.260 e. The lowest BCUT2D eigenvalue weighted by molar-refractivity contribution is -0.120. The van der Waals surface area contributed by atoms with Crippen molar-refractivity contribution in [3.05, 3.63) is 90.5 Å². The van der Waals surface area contributed by atoms with Crippen molar-refractivity contribution >= 4 is 28.8 Å². The van der Waals surface area contributed by atoms with Crippen LogP contribution in [0.15, 0.2) is 79.4 Å². The summed E-state index contributed by atoms with van der Waals surface area (Å²) >= 11 is 0. The molecule has 5 rings (SSSR count). The normalized spacial score (nSPS) is 25.5. The maximum absolute atomic E-state index is 13.6. The average molecular weight is 447 g/mol. The monoisotopic (exact) mass is 446 g/mol. The molecule has 0 saturated heterocycles. The van der Waals surface area contributed by atoms with Gasteiger partial charge in [-0.05, 0) is 24.1 Å². The van der Waals surface area contributed by atoms with Gasteiger partial charge >= 0.3 is 0 Å². The number of fused-ring (bicyclic) bond motifs is 3. The Kier molecular flexibility index (Phi) is 4.77. The molecule has 34 heavy (non-hydrogen) atoms. The van der Waals surface area contributed by atoms with Crippen molar-refractivity contribution in [2.45, 2.75) is 18.3 Å². The standard InChI is InChI=1S/C28H22N4O2/c1-3-13-31-22-11-7-5-9-20(22)24(25(31)33)19(16-29)15-27(18-30)17-28(27)21-10-6-8-12-23(21)32(14-4-2)26(28)34/h3-12H,1-2,13-15,17H2/b24-19+/t27-,28-/m0/s1. The number of nitriles is 2. The zero-order valence-electron chi connectivity index (χ0n) is 18.6. The molecule has 0 radical (unpaired) electrons. The first-order chi connectivity index (χ1) is 16.5. The van der Waals surface area contributed by atoms with E-state index in [4.69, 9.17) is 0 Å². The molecule has 3 aliphatic rings. The van der Waals surface area contributed by atoms with Gasteiger partial charge in [0.15, 0.2) is 0 Å². The molecule has 166 valence electrons. The second-order valence-electron chi connectivity index (χ2n) is 8.86. The summed E-state index contributed by atoms with van der Waals surface area (Å²) in [6.07, 6.45) is 3.64. The summed E-state index contributed by atoms with van der Waals surface area (Å²) in [4.78, 5) is 30.2. The number of hydrogen-bond acceptors (Lipinski definition) is 4. The molecule has 0 N–H and O–H groups in total. The van der Waals surface area contributed by atoms with E-state index in [1.165, 1.54) is 0 Å². The molecule has 2 aromatic carbocycles. The minimum Gasteiger partial charge on any atom is -0.307 e. The summed E-state index contributed by atoms with van der Waals surface area (Å²) < 4.78 is 0. The number of amides is 2. The van der Waals surface area contributed by atoms with E-state index >= 15 is 0 Å². The van der Waals surface area contributed by atoms with Gasteiger partial charge in [-0.3, -0.25) is 9.59 Å². The van der Waals surface area contributed by atoms with E-state index in [1.54, 1.807) is 22.0 Å². The second kappa shape index (κ2) is 7.57. The van der Waals surface area contributed by atoms with Gasteiger partial charge in [-0.25, -0.2) is 0 Å². The van der Waals surface area contributed by atoms with Crippen molar-refractivity contribution in [1.29, 1.82) is 10.5 Å². The van der Waals surface area contributed by atoms with Gasteiger partial charge in [0, 0.05) is 36.3 Å². The van der Waals surface area contributed by atoms with Crippen molar-refractivity contribution < 1.29 is 9.59 Å². The van der Waals surface area contributed by atoms with E-state index in [9.17, 15) is 20.1 Å². The van der Waals surface area contributed by atoms with Crippen LogP contribution in [0.2, 0.25) is 0 Å². The summed E-state index contributed by atoms with van der Waals surface area (Å²) in [5.41, 5.74) is 1.37. The number of para-hydroxylation sites is 2. The van der Waals surface area contributed by atoms with E-state index in [0.717, 1.165) is 11.3 Å². The molecule has 6 nitrogen and oxygen atoms in total. The molecular weight excluding hydrogens is 424 g/mol. The highest BCUT2D eigenvalue weighted by molar-refractivity contribution is 6.33. The highest BCUT2D eigenvalue weighted by Crippen LogP contribution is 2.72.